The number of benzene rings is 2. The second kappa shape index (κ2) is 9.28. The Labute approximate surface area is 188 Å². The Balaban J connectivity index is 1.33. The molecule has 9 nitrogen and oxygen atoms in total. The molecule has 0 unspecified atom stereocenters. The van der Waals surface area contributed by atoms with E-state index in [2.05, 4.69) is 10.0 Å². The van der Waals surface area contributed by atoms with Crippen molar-refractivity contribution in [3.63, 3.8) is 0 Å². The number of amides is 1. The number of thiophene rings is 1. The van der Waals surface area contributed by atoms with Gasteiger partial charge in [0.05, 0.1) is 11.3 Å². The fourth-order valence-corrected chi connectivity index (χ4v) is 4.95. The summed E-state index contributed by atoms with van der Waals surface area (Å²) < 4.78 is 43.0. The van der Waals surface area contributed by atoms with Crippen molar-refractivity contribution < 1.29 is 32.2 Å². The van der Waals surface area contributed by atoms with Crippen molar-refractivity contribution in [3.8, 4) is 11.5 Å². The fourth-order valence-electron chi connectivity index (χ4n) is 2.87. The first-order chi connectivity index (χ1) is 15.4. The number of fused-ring (bicyclic) bond motifs is 1. The Hall–Kier alpha value is -3.57. The number of carbonyl (C=O) groups excluding carboxylic acids is 2. The van der Waals surface area contributed by atoms with Gasteiger partial charge in [-0.1, -0.05) is 24.3 Å². The molecule has 3 aromatic rings. The summed E-state index contributed by atoms with van der Waals surface area (Å²) in [7, 11) is -3.84. The molecule has 1 aromatic heterocycles. The maximum absolute atomic E-state index is 12.5. The highest BCUT2D eigenvalue weighted by Gasteiger charge is 2.20. The average molecular weight is 475 g/mol. The van der Waals surface area contributed by atoms with E-state index in [1.807, 2.05) is 0 Å². The van der Waals surface area contributed by atoms with Gasteiger partial charge in [-0.3, -0.25) is 9.52 Å². The number of rotatable bonds is 8. The summed E-state index contributed by atoms with van der Waals surface area (Å²) in [5.74, 6) is -0.0902. The zero-order valence-corrected chi connectivity index (χ0v) is 18.2. The summed E-state index contributed by atoms with van der Waals surface area (Å²) in [6.45, 7) is -0.147. The maximum atomic E-state index is 12.5. The van der Waals surface area contributed by atoms with Crippen LogP contribution in [0.15, 0.2) is 64.2 Å². The van der Waals surface area contributed by atoms with Crippen LogP contribution in [0.4, 0.5) is 5.69 Å². The van der Waals surface area contributed by atoms with Crippen LogP contribution in [0.5, 0.6) is 11.5 Å². The molecule has 0 fully saturated rings. The summed E-state index contributed by atoms with van der Waals surface area (Å²) in [4.78, 5) is 24.6. The van der Waals surface area contributed by atoms with Crippen molar-refractivity contribution in [1.29, 1.82) is 0 Å². The lowest BCUT2D eigenvalue weighted by Crippen LogP contribution is -2.28. The third-order valence-corrected chi connectivity index (χ3v) is 7.18. The van der Waals surface area contributed by atoms with Crippen LogP contribution in [-0.2, 0) is 26.1 Å². The van der Waals surface area contributed by atoms with Gasteiger partial charge in [0.1, 0.15) is 4.21 Å². The molecule has 0 saturated carbocycles. The van der Waals surface area contributed by atoms with E-state index in [0.717, 1.165) is 16.9 Å². The van der Waals surface area contributed by atoms with Crippen LogP contribution < -0.4 is 19.5 Å². The van der Waals surface area contributed by atoms with Gasteiger partial charge in [0.15, 0.2) is 18.1 Å². The van der Waals surface area contributed by atoms with Gasteiger partial charge in [0.2, 0.25) is 6.79 Å². The van der Waals surface area contributed by atoms with Crippen LogP contribution in [0.2, 0.25) is 0 Å². The Kier molecular flexibility index (Phi) is 6.28. The van der Waals surface area contributed by atoms with Crippen LogP contribution in [0.25, 0.3) is 0 Å². The van der Waals surface area contributed by atoms with Gasteiger partial charge in [-0.25, -0.2) is 13.2 Å². The third kappa shape index (κ3) is 5.01. The lowest BCUT2D eigenvalue weighted by atomic mass is 10.2. The molecule has 1 aliphatic rings. The van der Waals surface area contributed by atoms with Crippen LogP contribution in [0.1, 0.15) is 15.9 Å². The van der Waals surface area contributed by atoms with E-state index in [-0.39, 0.29) is 28.8 Å². The number of ether oxygens (including phenoxy) is 3. The number of hydrogen-bond acceptors (Lipinski definition) is 8. The van der Waals surface area contributed by atoms with E-state index in [9.17, 15) is 18.0 Å². The highest BCUT2D eigenvalue weighted by molar-refractivity contribution is 7.94. The quantitative estimate of drug-likeness (QED) is 0.482. The van der Waals surface area contributed by atoms with Crippen LogP contribution in [0, 0.1) is 0 Å². The first-order valence-corrected chi connectivity index (χ1v) is 11.8. The predicted molar refractivity (Wildman–Crippen MR) is 116 cm³/mol. The largest absolute Gasteiger partial charge is 0.454 e. The summed E-state index contributed by atoms with van der Waals surface area (Å²) in [6, 6.07) is 14.4. The fraction of sp³-hybridized carbons (Fsp3) is 0.143. The van der Waals surface area contributed by atoms with Gasteiger partial charge in [-0.05, 0) is 41.3 Å². The molecule has 1 amide bonds. The SMILES string of the molecule is O=C(COC(=O)c1ccccc1NS(=O)(=O)c1cccs1)NCc1ccc2c(c1)OCO2. The highest BCUT2D eigenvalue weighted by Crippen LogP contribution is 2.32. The molecule has 4 rings (SSSR count). The molecule has 0 bridgehead atoms. The van der Waals surface area contributed by atoms with Gasteiger partial charge in [-0.15, -0.1) is 11.3 Å². The van der Waals surface area contributed by atoms with Crippen molar-refractivity contribution in [2.75, 3.05) is 18.1 Å². The predicted octanol–water partition coefficient (Wildman–Crippen LogP) is 2.75. The second-order valence-electron chi connectivity index (χ2n) is 6.62. The third-order valence-electron chi connectivity index (χ3n) is 4.41. The van der Waals surface area contributed by atoms with Crippen molar-refractivity contribution in [2.45, 2.75) is 10.8 Å². The molecule has 0 atom stereocenters. The van der Waals surface area contributed by atoms with Crippen molar-refractivity contribution >= 4 is 38.9 Å². The second-order valence-corrected chi connectivity index (χ2v) is 9.48. The molecular weight excluding hydrogens is 456 g/mol. The van der Waals surface area contributed by atoms with Gasteiger partial charge < -0.3 is 19.5 Å². The van der Waals surface area contributed by atoms with E-state index in [4.69, 9.17) is 14.2 Å². The molecule has 0 radical (unpaired) electrons. The number of esters is 1. The molecule has 2 N–H and O–H groups in total. The lowest BCUT2D eigenvalue weighted by molar-refractivity contribution is -0.124. The van der Waals surface area contributed by atoms with Crippen molar-refractivity contribution in [1.82, 2.24) is 5.32 Å². The summed E-state index contributed by atoms with van der Waals surface area (Å²) in [6.07, 6.45) is 0. The smallest absolute Gasteiger partial charge is 0.340 e. The van der Waals surface area contributed by atoms with E-state index < -0.39 is 28.5 Å². The van der Waals surface area contributed by atoms with Crippen molar-refractivity contribution in [2.24, 2.45) is 0 Å². The van der Waals surface area contributed by atoms with Gasteiger partial charge in [0, 0.05) is 6.54 Å². The first-order valence-electron chi connectivity index (χ1n) is 9.40. The normalized spacial score (nSPS) is 12.2. The highest BCUT2D eigenvalue weighted by atomic mass is 32.2. The van der Waals surface area contributed by atoms with Gasteiger partial charge in [0.25, 0.3) is 15.9 Å². The van der Waals surface area contributed by atoms with Crippen LogP contribution in [-0.4, -0.2) is 33.7 Å². The molecule has 166 valence electrons. The molecule has 2 aromatic carbocycles. The molecule has 1 aliphatic heterocycles. The number of hydrogen-bond donors (Lipinski definition) is 2. The van der Waals surface area contributed by atoms with E-state index in [1.54, 1.807) is 41.8 Å². The maximum Gasteiger partial charge on any atom is 0.340 e. The minimum absolute atomic E-state index is 0.00352. The monoisotopic (exact) mass is 474 g/mol. The summed E-state index contributed by atoms with van der Waals surface area (Å²) in [5, 5.41) is 4.28. The summed E-state index contributed by atoms with van der Waals surface area (Å²) in [5.41, 5.74) is 0.852. The summed E-state index contributed by atoms with van der Waals surface area (Å²) >= 11 is 1.05. The molecular formula is C21H18N2O7S2. The molecule has 32 heavy (non-hydrogen) atoms. The number of para-hydroxylation sites is 1. The standard InChI is InChI=1S/C21H18N2O7S2/c24-19(22-11-14-7-8-17-18(10-14)30-13-29-17)12-28-21(25)15-4-1-2-5-16(15)23-32(26,27)20-6-3-9-31-20/h1-10,23H,11-13H2,(H,22,24). The Morgan fingerprint density at radius 1 is 1.03 bits per heavy atom. The Morgan fingerprint density at radius 3 is 2.66 bits per heavy atom. The number of sulfonamides is 1. The van der Waals surface area contributed by atoms with Gasteiger partial charge >= 0.3 is 5.97 Å². The molecule has 11 heteroatoms. The average Bonchev–Trinajstić information content (AvgIpc) is 3.48. The first kappa shape index (κ1) is 21.7. The van der Waals surface area contributed by atoms with Crippen LogP contribution in [0.3, 0.4) is 0 Å². The number of nitrogens with one attached hydrogen (secondary N) is 2. The topological polar surface area (TPSA) is 120 Å². The Morgan fingerprint density at radius 2 is 1.84 bits per heavy atom. The Bertz CT molecular complexity index is 1240. The van der Waals surface area contributed by atoms with Crippen LogP contribution >= 0.6 is 11.3 Å². The van der Waals surface area contributed by atoms with Gasteiger partial charge in [-0.2, -0.15) is 0 Å². The minimum atomic E-state index is -3.84. The molecule has 2 heterocycles. The molecule has 0 aliphatic carbocycles. The van der Waals surface area contributed by atoms with E-state index in [1.165, 1.54) is 18.2 Å². The minimum Gasteiger partial charge on any atom is -0.454 e. The van der Waals surface area contributed by atoms with E-state index in [0.29, 0.717) is 11.5 Å². The van der Waals surface area contributed by atoms with E-state index >= 15 is 0 Å². The molecule has 0 saturated heterocycles. The number of carbonyl (C=O) groups is 2. The molecule has 0 spiro atoms. The lowest BCUT2D eigenvalue weighted by Gasteiger charge is -2.12. The zero-order chi connectivity index (χ0) is 22.6. The van der Waals surface area contributed by atoms with Crippen molar-refractivity contribution in [3.05, 3.63) is 71.1 Å². The number of anilines is 1. The zero-order valence-electron chi connectivity index (χ0n) is 16.6.